The van der Waals surface area contributed by atoms with Crippen molar-refractivity contribution in [2.45, 2.75) is 13.8 Å². The molecule has 0 aliphatic carbocycles. The molecule has 2 aromatic carbocycles. The number of benzene rings is 2. The molecule has 0 saturated carbocycles. The van der Waals surface area contributed by atoms with Crippen molar-refractivity contribution in [3.63, 3.8) is 0 Å². The number of halogens is 1. The van der Waals surface area contributed by atoms with Gasteiger partial charge < -0.3 is 15.4 Å². The molecule has 5 nitrogen and oxygen atoms in total. The quantitative estimate of drug-likeness (QED) is 0.656. The molecule has 0 unspecified atom stereocenters. The minimum absolute atomic E-state index is 0.662. The first-order valence-electron chi connectivity index (χ1n) is 7.84. The number of nitrogens with one attached hydrogen (secondary N) is 2. The fraction of sp³-hybridized carbons (Fsp3) is 0.158. The van der Waals surface area contributed by atoms with Gasteiger partial charge >= 0.3 is 0 Å². The number of aromatic nitrogens is 2. The summed E-state index contributed by atoms with van der Waals surface area (Å²) in [5.41, 5.74) is 2.78. The first-order chi connectivity index (χ1) is 12.0. The molecule has 0 aliphatic rings. The van der Waals surface area contributed by atoms with Crippen molar-refractivity contribution in [3.8, 4) is 5.75 Å². The summed E-state index contributed by atoms with van der Waals surface area (Å²) < 4.78 is 5.25. The Morgan fingerprint density at radius 2 is 1.64 bits per heavy atom. The summed E-state index contributed by atoms with van der Waals surface area (Å²) in [5, 5.41) is 7.29. The van der Waals surface area contributed by atoms with Gasteiger partial charge in [0.1, 0.15) is 23.2 Å². The standard InChI is InChI=1S/C19H19ClN4O/c1-12-16(20)8-5-9-17(12)24-19-11-18(21-13(2)22-19)23-14-6-4-7-15(10-14)25-3/h4-11H,1-3H3,(H2,21,22,23,24). The number of anilines is 4. The van der Waals surface area contributed by atoms with Gasteiger partial charge in [-0.2, -0.15) is 0 Å². The molecule has 0 fully saturated rings. The van der Waals surface area contributed by atoms with E-state index in [9.17, 15) is 0 Å². The molecular weight excluding hydrogens is 336 g/mol. The van der Waals surface area contributed by atoms with Crippen LogP contribution >= 0.6 is 11.6 Å². The highest BCUT2D eigenvalue weighted by atomic mass is 35.5. The molecule has 0 amide bonds. The second-order valence-corrected chi connectivity index (χ2v) is 5.99. The van der Waals surface area contributed by atoms with Crippen LogP contribution in [0.2, 0.25) is 5.02 Å². The molecule has 6 heteroatoms. The Labute approximate surface area is 152 Å². The van der Waals surface area contributed by atoms with Crippen molar-refractivity contribution in [2.24, 2.45) is 0 Å². The highest BCUT2D eigenvalue weighted by Crippen LogP contribution is 2.27. The number of rotatable bonds is 5. The Balaban J connectivity index is 1.86. The van der Waals surface area contributed by atoms with Crippen molar-refractivity contribution in [1.29, 1.82) is 0 Å². The third-order valence-corrected chi connectivity index (χ3v) is 4.12. The number of hydrogen-bond acceptors (Lipinski definition) is 5. The Morgan fingerprint density at radius 3 is 2.40 bits per heavy atom. The topological polar surface area (TPSA) is 59.1 Å². The number of nitrogens with zero attached hydrogens (tertiary/aromatic N) is 2. The lowest BCUT2D eigenvalue weighted by Crippen LogP contribution is -2.02. The van der Waals surface area contributed by atoms with Crippen molar-refractivity contribution in [3.05, 3.63) is 64.9 Å². The number of aryl methyl sites for hydroxylation is 1. The van der Waals surface area contributed by atoms with E-state index in [1.165, 1.54) is 0 Å². The first kappa shape index (κ1) is 17.0. The number of ether oxygens (including phenoxy) is 1. The normalized spacial score (nSPS) is 10.4. The van der Waals surface area contributed by atoms with E-state index in [4.69, 9.17) is 16.3 Å². The fourth-order valence-electron chi connectivity index (χ4n) is 2.43. The lowest BCUT2D eigenvalue weighted by molar-refractivity contribution is 0.415. The average molecular weight is 355 g/mol. The summed E-state index contributed by atoms with van der Waals surface area (Å²) in [4.78, 5) is 8.88. The van der Waals surface area contributed by atoms with Gasteiger partial charge in [0.15, 0.2) is 0 Å². The zero-order chi connectivity index (χ0) is 17.8. The van der Waals surface area contributed by atoms with Crippen LogP contribution in [-0.4, -0.2) is 17.1 Å². The largest absolute Gasteiger partial charge is 0.497 e. The lowest BCUT2D eigenvalue weighted by atomic mass is 10.2. The van der Waals surface area contributed by atoms with E-state index in [0.29, 0.717) is 22.5 Å². The molecule has 25 heavy (non-hydrogen) atoms. The van der Waals surface area contributed by atoms with Crippen molar-refractivity contribution in [1.82, 2.24) is 9.97 Å². The Kier molecular flexibility index (Phi) is 5.05. The predicted molar refractivity (Wildman–Crippen MR) is 103 cm³/mol. The van der Waals surface area contributed by atoms with E-state index < -0.39 is 0 Å². The summed E-state index contributed by atoms with van der Waals surface area (Å²) in [6, 6.07) is 15.3. The number of hydrogen-bond donors (Lipinski definition) is 2. The van der Waals surface area contributed by atoms with E-state index in [1.807, 2.05) is 62.4 Å². The van der Waals surface area contributed by atoms with Gasteiger partial charge in [0.05, 0.1) is 7.11 Å². The van der Waals surface area contributed by atoms with Gasteiger partial charge in [0, 0.05) is 28.5 Å². The maximum Gasteiger partial charge on any atom is 0.136 e. The Morgan fingerprint density at radius 1 is 0.920 bits per heavy atom. The van der Waals surface area contributed by atoms with Gasteiger partial charge in [-0.3, -0.25) is 0 Å². The van der Waals surface area contributed by atoms with Crippen LogP contribution in [0.4, 0.5) is 23.0 Å². The minimum Gasteiger partial charge on any atom is -0.497 e. The van der Waals surface area contributed by atoms with Crippen LogP contribution in [0, 0.1) is 13.8 Å². The van der Waals surface area contributed by atoms with Gasteiger partial charge in [0.25, 0.3) is 0 Å². The summed E-state index contributed by atoms with van der Waals surface area (Å²) in [6.07, 6.45) is 0. The van der Waals surface area contributed by atoms with E-state index >= 15 is 0 Å². The molecule has 1 aromatic heterocycles. The van der Waals surface area contributed by atoms with E-state index in [1.54, 1.807) is 7.11 Å². The summed E-state index contributed by atoms with van der Waals surface area (Å²) in [6.45, 7) is 3.82. The van der Waals surface area contributed by atoms with Crippen LogP contribution in [0.3, 0.4) is 0 Å². The summed E-state index contributed by atoms with van der Waals surface area (Å²) in [7, 11) is 1.64. The van der Waals surface area contributed by atoms with Gasteiger partial charge in [-0.05, 0) is 43.7 Å². The van der Waals surface area contributed by atoms with Crippen LogP contribution in [0.15, 0.2) is 48.5 Å². The Hall–Kier alpha value is -2.79. The van der Waals surface area contributed by atoms with Crippen LogP contribution < -0.4 is 15.4 Å². The summed E-state index contributed by atoms with van der Waals surface area (Å²) in [5.74, 6) is 2.84. The summed E-state index contributed by atoms with van der Waals surface area (Å²) >= 11 is 6.18. The molecule has 0 atom stereocenters. The Bertz CT molecular complexity index is 898. The fourth-order valence-corrected chi connectivity index (χ4v) is 2.60. The molecule has 3 rings (SSSR count). The van der Waals surface area contributed by atoms with Gasteiger partial charge in [0.2, 0.25) is 0 Å². The van der Waals surface area contributed by atoms with Gasteiger partial charge in [-0.1, -0.05) is 23.7 Å². The molecule has 128 valence electrons. The molecule has 1 heterocycles. The second kappa shape index (κ2) is 7.40. The monoisotopic (exact) mass is 354 g/mol. The van der Waals surface area contributed by atoms with Crippen LogP contribution in [0.1, 0.15) is 11.4 Å². The zero-order valence-electron chi connectivity index (χ0n) is 14.3. The molecule has 0 radical (unpaired) electrons. The third-order valence-electron chi connectivity index (χ3n) is 3.71. The van der Waals surface area contributed by atoms with Crippen LogP contribution in [0.5, 0.6) is 5.75 Å². The molecule has 0 spiro atoms. The lowest BCUT2D eigenvalue weighted by Gasteiger charge is -2.13. The molecule has 0 aliphatic heterocycles. The predicted octanol–water partition coefficient (Wildman–Crippen LogP) is 5.24. The molecule has 0 saturated heterocycles. The van der Waals surface area contributed by atoms with E-state index in [2.05, 4.69) is 20.6 Å². The maximum absolute atomic E-state index is 6.18. The second-order valence-electron chi connectivity index (χ2n) is 5.58. The average Bonchev–Trinajstić information content (AvgIpc) is 2.59. The van der Waals surface area contributed by atoms with Crippen LogP contribution in [0.25, 0.3) is 0 Å². The maximum atomic E-state index is 6.18. The molecule has 0 bridgehead atoms. The van der Waals surface area contributed by atoms with Crippen molar-refractivity contribution < 1.29 is 4.74 Å². The van der Waals surface area contributed by atoms with E-state index in [-0.39, 0.29) is 0 Å². The highest BCUT2D eigenvalue weighted by molar-refractivity contribution is 6.31. The van der Waals surface area contributed by atoms with Gasteiger partial charge in [-0.15, -0.1) is 0 Å². The molecular formula is C19H19ClN4O. The van der Waals surface area contributed by atoms with E-state index in [0.717, 1.165) is 22.7 Å². The van der Waals surface area contributed by atoms with Crippen molar-refractivity contribution >= 4 is 34.6 Å². The third kappa shape index (κ3) is 4.19. The smallest absolute Gasteiger partial charge is 0.136 e. The number of methoxy groups -OCH3 is 1. The minimum atomic E-state index is 0.662. The SMILES string of the molecule is COc1cccc(Nc2cc(Nc3cccc(Cl)c3C)nc(C)n2)c1. The van der Waals surface area contributed by atoms with Crippen molar-refractivity contribution in [2.75, 3.05) is 17.7 Å². The van der Waals surface area contributed by atoms with Crippen LogP contribution in [-0.2, 0) is 0 Å². The molecule has 2 N–H and O–H groups in total. The highest BCUT2D eigenvalue weighted by Gasteiger charge is 2.07. The molecule has 3 aromatic rings. The first-order valence-corrected chi connectivity index (χ1v) is 8.22. The zero-order valence-corrected chi connectivity index (χ0v) is 15.1. The van der Waals surface area contributed by atoms with Gasteiger partial charge in [-0.25, -0.2) is 9.97 Å².